The zero-order valence-electron chi connectivity index (χ0n) is 14.9. The first-order chi connectivity index (χ1) is 12.4. The number of thioether (sulfide) groups is 1. The highest BCUT2D eigenvalue weighted by atomic mass is 35.5. The molecule has 0 aliphatic carbocycles. The quantitative estimate of drug-likeness (QED) is 0.588. The average molecular weight is 398 g/mol. The number of rotatable bonds is 5. The van der Waals surface area contributed by atoms with Crippen molar-refractivity contribution in [2.75, 3.05) is 26.2 Å². The van der Waals surface area contributed by atoms with E-state index >= 15 is 0 Å². The van der Waals surface area contributed by atoms with Crippen LogP contribution in [0.4, 0.5) is 0 Å². The molecule has 1 aromatic carbocycles. The highest BCUT2D eigenvalue weighted by Gasteiger charge is 2.71. The lowest BCUT2D eigenvalue weighted by Crippen LogP contribution is -2.98. The summed E-state index contributed by atoms with van der Waals surface area (Å²) in [6.45, 7) is 0. The number of amides is 2. The Labute approximate surface area is 161 Å². The van der Waals surface area contributed by atoms with Crippen LogP contribution in [-0.2, 0) is 19.1 Å². The topological polar surface area (TPSA) is 80.3 Å². The second-order valence-corrected chi connectivity index (χ2v) is 8.18. The van der Waals surface area contributed by atoms with Crippen LogP contribution in [0.3, 0.4) is 0 Å². The number of hydrogen-bond donors (Lipinski definition) is 1. The molecule has 140 valence electrons. The number of ether oxygens (including phenoxy) is 1. The number of nitrogens with two attached hydrogens (primary N) is 1. The van der Waals surface area contributed by atoms with Gasteiger partial charge in [0.05, 0.1) is 7.11 Å². The molecule has 2 amide bonds. The van der Waals surface area contributed by atoms with E-state index < -0.39 is 23.3 Å². The summed E-state index contributed by atoms with van der Waals surface area (Å²) in [7, 11) is 2.81. The monoisotopic (exact) mass is 397 g/mol. The molecule has 0 unspecified atom stereocenters. The first kappa shape index (κ1) is 19.2. The van der Waals surface area contributed by atoms with E-state index in [4.69, 9.17) is 16.3 Å². The van der Waals surface area contributed by atoms with Gasteiger partial charge in [-0.05, 0) is 24.1 Å². The van der Waals surface area contributed by atoms with E-state index in [9.17, 15) is 14.4 Å². The predicted molar refractivity (Wildman–Crippen MR) is 98.6 cm³/mol. The second kappa shape index (κ2) is 7.21. The van der Waals surface area contributed by atoms with Gasteiger partial charge in [-0.3, -0.25) is 14.5 Å². The standard InChI is InChI=1S/C18H21ClN2O4S/c1-21-15(22)12-13(16(21)23)18(8-9-26-3,17(24)25-2)20-14(12)10-4-6-11(19)7-5-10/h4-7,12-14,20H,8-9H2,1-3H3/p+1/t12-,13+,14+,18-/m1/s1. The number of imide groups is 1. The van der Waals surface area contributed by atoms with E-state index in [1.807, 2.05) is 23.7 Å². The largest absolute Gasteiger partial charge is 0.464 e. The normalized spacial score (nSPS) is 30.6. The van der Waals surface area contributed by atoms with E-state index in [-0.39, 0.29) is 17.9 Å². The molecule has 0 bridgehead atoms. The third kappa shape index (κ3) is 2.82. The molecule has 26 heavy (non-hydrogen) atoms. The van der Waals surface area contributed by atoms with Crippen molar-refractivity contribution in [1.82, 2.24) is 4.90 Å². The number of halogens is 1. The van der Waals surface area contributed by atoms with Gasteiger partial charge in [0.2, 0.25) is 17.4 Å². The molecule has 2 fully saturated rings. The highest BCUT2D eigenvalue weighted by Crippen LogP contribution is 2.45. The van der Waals surface area contributed by atoms with Gasteiger partial charge in [-0.15, -0.1) is 0 Å². The molecule has 2 heterocycles. The van der Waals surface area contributed by atoms with Crippen molar-refractivity contribution in [3.05, 3.63) is 34.9 Å². The van der Waals surface area contributed by atoms with E-state index in [0.717, 1.165) is 10.5 Å². The van der Waals surface area contributed by atoms with Crippen molar-refractivity contribution in [2.24, 2.45) is 11.8 Å². The molecule has 0 spiro atoms. The number of methoxy groups -OCH3 is 1. The van der Waals surface area contributed by atoms with Gasteiger partial charge < -0.3 is 10.1 Å². The van der Waals surface area contributed by atoms with Crippen LogP contribution >= 0.6 is 23.4 Å². The van der Waals surface area contributed by atoms with E-state index in [2.05, 4.69) is 0 Å². The van der Waals surface area contributed by atoms with Crippen LogP contribution in [0.25, 0.3) is 0 Å². The fourth-order valence-electron chi connectivity index (χ4n) is 4.25. The number of esters is 1. The van der Waals surface area contributed by atoms with Crippen LogP contribution in [0.2, 0.25) is 5.02 Å². The van der Waals surface area contributed by atoms with Gasteiger partial charge in [-0.25, -0.2) is 4.79 Å². The lowest BCUT2D eigenvalue weighted by atomic mass is 9.78. The Hall–Kier alpha value is -1.57. The van der Waals surface area contributed by atoms with E-state index in [1.54, 1.807) is 23.9 Å². The number of carbonyl (C=O) groups is 3. The van der Waals surface area contributed by atoms with Gasteiger partial charge in [0.25, 0.3) is 0 Å². The van der Waals surface area contributed by atoms with Gasteiger partial charge in [0.1, 0.15) is 17.9 Å². The summed E-state index contributed by atoms with van der Waals surface area (Å²) in [6.07, 6.45) is 2.40. The summed E-state index contributed by atoms with van der Waals surface area (Å²) in [5, 5.41) is 2.46. The molecule has 2 aliphatic heterocycles. The minimum Gasteiger partial charge on any atom is -0.464 e. The molecule has 0 aromatic heterocycles. The first-order valence-electron chi connectivity index (χ1n) is 8.37. The molecule has 0 saturated carbocycles. The van der Waals surface area contributed by atoms with Gasteiger partial charge >= 0.3 is 5.97 Å². The van der Waals surface area contributed by atoms with Gasteiger partial charge in [-0.1, -0.05) is 23.7 Å². The zero-order valence-corrected chi connectivity index (χ0v) is 16.5. The van der Waals surface area contributed by atoms with Crippen molar-refractivity contribution in [3.8, 4) is 0 Å². The molecule has 1 aromatic rings. The fourth-order valence-corrected chi connectivity index (χ4v) is 4.92. The lowest BCUT2D eigenvalue weighted by molar-refractivity contribution is -0.734. The zero-order chi connectivity index (χ0) is 19.1. The Balaban J connectivity index is 2.11. The maximum atomic E-state index is 12.9. The Kier molecular flexibility index (Phi) is 5.33. The SMILES string of the molecule is COC(=O)[C@]1(CCSC)[NH2+][C@@H](c2ccc(Cl)cc2)[C@@H]2C(=O)N(C)C(=O)[C@H]21. The van der Waals surface area contributed by atoms with E-state index in [1.165, 1.54) is 14.2 Å². The molecule has 4 atom stereocenters. The Morgan fingerprint density at radius 2 is 1.96 bits per heavy atom. The predicted octanol–water partition coefficient (Wildman–Crippen LogP) is 0.854. The number of quaternary nitrogens is 1. The molecule has 0 radical (unpaired) electrons. The number of carbonyl (C=O) groups excluding carboxylic acids is 3. The van der Waals surface area contributed by atoms with Crippen LogP contribution in [-0.4, -0.2) is 54.4 Å². The van der Waals surface area contributed by atoms with Crippen molar-refractivity contribution in [3.63, 3.8) is 0 Å². The minimum atomic E-state index is -1.09. The van der Waals surface area contributed by atoms with Crippen LogP contribution in [0.1, 0.15) is 18.0 Å². The van der Waals surface area contributed by atoms with Crippen molar-refractivity contribution >= 4 is 41.1 Å². The van der Waals surface area contributed by atoms with Crippen molar-refractivity contribution in [2.45, 2.75) is 18.0 Å². The third-order valence-corrected chi connectivity index (χ3v) is 6.39. The van der Waals surface area contributed by atoms with Gasteiger partial charge in [0, 0.05) is 24.1 Å². The van der Waals surface area contributed by atoms with Crippen LogP contribution < -0.4 is 5.32 Å². The molecule has 6 nitrogen and oxygen atoms in total. The fraction of sp³-hybridized carbons (Fsp3) is 0.500. The lowest BCUT2D eigenvalue weighted by Gasteiger charge is -2.28. The molecule has 2 saturated heterocycles. The summed E-state index contributed by atoms with van der Waals surface area (Å²) >= 11 is 7.58. The Morgan fingerprint density at radius 3 is 2.54 bits per heavy atom. The van der Waals surface area contributed by atoms with Crippen LogP contribution in [0.15, 0.2) is 24.3 Å². The molecular weight excluding hydrogens is 376 g/mol. The van der Waals surface area contributed by atoms with E-state index in [0.29, 0.717) is 17.2 Å². The second-order valence-electron chi connectivity index (χ2n) is 6.76. The number of nitrogens with zero attached hydrogens (tertiary/aromatic N) is 1. The minimum absolute atomic E-state index is 0.244. The smallest absolute Gasteiger partial charge is 0.368 e. The number of likely N-dealkylation sites (tertiary alicyclic amines) is 1. The van der Waals surface area contributed by atoms with Crippen LogP contribution in [0, 0.1) is 11.8 Å². The van der Waals surface area contributed by atoms with Gasteiger partial charge in [0.15, 0.2) is 0 Å². The first-order valence-corrected chi connectivity index (χ1v) is 10.1. The Morgan fingerprint density at radius 1 is 1.31 bits per heavy atom. The van der Waals surface area contributed by atoms with Crippen molar-refractivity contribution in [1.29, 1.82) is 0 Å². The maximum absolute atomic E-state index is 12.9. The molecule has 8 heteroatoms. The van der Waals surface area contributed by atoms with Crippen LogP contribution in [0.5, 0.6) is 0 Å². The summed E-state index contributed by atoms with van der Waals surface area (Å²) in [6, 6.07) is 6.87. The molecule has 2 aliphatic rings. The number of hydrogen-bond acceptors (Lipinski definition) is 5. The molecular formula is C18H22ClN2O4S+. The van der Waals surface area contributed by atoms with Crippen molar-refractivity contribution < 1.29 is 24.4 Å². The third-order valence-electron chi connectivity index (χ3n) is 5.53. The summed E-state index contributed by atoms with van der Waals surface area (Å²) in [5.74, 6) is -1.62. The Bertz CT molecular complexity index is 741. The number of fused-ring (bicyclic) bond motifs is 1. The molecule has 2 N–H and O–H groups in total. The average Bonchev–Trinajstić information content (AvgIpc) is 3.10. The summed E-state index contributed by atoms with van der Waals surface area (Å²) < 4.78 is 5.08. The summed E-state index contributed by atoms with van der Waals surface area (Å²) in [4.78, 5) is 39.7. The van der Waals surface area contributed by atoms with Gasteiger partial charge in [-0.2, -0.15) is 11.8 Å². The summed E-state index contributed by atoms with van der Waals surface area (Å²) in [5.41, 5.74) is -0.222. The molecule has 3 rings (SSSR count). The highest BCUT2D eigenvalue weighted by molar-refractivity contribution is 7.98. The maximum Gasteiger partial charge on any atom is 0.368 e. The number of benzene rings is 1.